The maximum Gasteiger partial charge on any atom is 0.410 e. The zero-order valence-electron chi connectivity index (χ0n) is 29.7. The fourth-order valence-corrected chi connectivity index (χ4v) is 5.46. The van der Waals surface area contributed by atoms with Gasteiger partial charge in [-0.3, -0.25) is 4.79 Å². The maximum atomic E-state index is 12.7. The number of benzene rings is 1. The van der Waals surface area contributed by atoms with Crippen LogP contribution in [0.15, 0.2) is 53.3 Å². The van der Waals surface area contributed by atoms with Crippen LogP contribution < -0.4 is 25.4 Å². The Morgan fingerprint density at radius 1 is 1.06 bits per heavy atom. The highest BCUT2D eigenvalue weighted by molar-refractivity contribution is 9.10. The number of carbonyl (C=O) groups is 2. The lowest BCUT2D eigenvalue weighted by molar-refractivity contribution is -0.125. The third-order valence-corrected chi connectivity index (χ3v) is 7.88. The van der Waals surface area contributed by atoms with Crippen molar-refractivity contribution in [3.05, 3.63) is 75.5 Å². The number of fused-ring (bicyclic) bond motifs is 2. The highest BCUT2D eigenvalue weighted by atomic mass is 79.9. The van der Waals surface area contributed by atoms with E-state index in [2.05, 4.69) is 54.8 Å². The molecular weight excluding hydrogens is 726 g/mol. The fraction of sp³-hybridized carbons (Fsp3) is 0.444. The minimum absolute atomic E-state index is 0. The molecule has 2 aliphatic rings. The summed E-state index contributed by atoms with van der Waals surface area (Å²) in [6.45, 7) is 13.0. The van der Waals surface area contributed by atoms with Crippen molar-refractivity contribution in [1.29, 1.82) is 0 Å². The number of nitrogens with zero attached hydrogens (tertiary/aromatic N) is 4. The van der Waals surface area contributed by atoms with Crippen LogP contribution in [0.5, 0.6) is 11.5 Å². The molecule has 3 aromatic rings. The molecule has 4 heterocycles. The van der Waals surface area contributed by atoms with Gasteiger partial charge in [0.05, 0.1) is 20.3 Å². The van der Waals surface area contributed by atoms with Crippen LogP contribution >= 0.6 is 28.3 Å². The van der Waals surface area contributed by atoms with Gasteiger partial charge in [-0.15, -0.1) is 12.4 Å². The van der Waals surface area contributed by atoms with Gasteiger partial charge in [-0.2, -0.15) is 0 Å². The summed E-state index contributed by atoms with van der Waals surface area (Å²) < 4.78 is 17.6. The van der Waals surface area contributed by atoms with Gasteiger partial charge in [0.25, 0.3) is 0 Å². The summed E-state index contributed by atoms with van der Waals surface area (Å²) in [5, 5.41) is 9.86. The molecule has 0 bridgehead atoms. The van der Waals surface area contributed by atoms with Crippen molar-refractivity contribution in [2.24, 2.45) is 0 Å². The van der Waals surface area contributed by atoms with Crippen molar-refractivity contribution in [3.8, 4) is 11.5 Å². The Morgan fingerprint density at radius 2 is 1.80 bits per heavy atom. The summed E-state index contributed by atoms with van der Waals surface area (Å²) in [6, 6.07) is 9.75. The number of carbonyl (C=O) groups excluding carboxylic acids is 2. The number of amides is 2. The lowest BCUT2D eigenvalue weighted by atomic mass is 10.1. The van der Waals surface area contributed by atoms with E-state index in [-0.39, 0.29) is 24.4 Å². The Balaban J connectivity index is 0.000000292. The molecule has 0 aliphatic carbocycles. The van der Waals surface area contributed by atoms with E-state index in [4.69, 9.17) is 14.2 Å². The number of para-hydroxylation sites is 1. The van der Waals surface area contributed by atoms with Crippen molar-refractivity contribution < 1.29 is 23.8 Å². The Labute approximate surface area is 309 Å². The zero-order valence-corrected chi connectivity index (χ0v) is 32.1. The highest BCUT2D eigenvalue weighted by Crippen LogP contribution is 2.32. The van der Waals surface area contributed by atoms with E-state index in [1.54, 1.807) is 48.5 Å². The topological polar surface area (TPSA) is 130 Å². The van der Waals surface area contributed by atoms with Gasteiger partial charge in [0, 0.05) is 85.9 Å². The summed E-state index contributed by atoms with van der Waals surface area (Å²) in [5.74, 6) is 3.01. The number of ether oxygens (including phenoxy) is 3. The molecule has 2 aromatic heterocycles. The van der Waals surface area contributed by atoms with E-state index in [1.807, 2.05) is 45.0 Å². The van der Waals surface area contributed by atoms with Crippen LogP contribution in [-0.2, 0) is 29.2 Å². The molecule has 0 radical (unpaired) electrons. The first-order valence-corrected chi connectivity index (χ1v) is 17.3. The molecule has 50 heavy (non-hydrogen) atoms. The predicted molar refractivity (Wildman–Crippen MR) is 203 cm³/mol. The molecule has 2 amide bonds. The second-order valence-corrected chi connectivity index (χ2v) is 13.6. The maximum absolute atomic E-state index is 12.7. The van der Waals surface area contributed by atoms with Crippen molar-refractivity contribution in [3.63, 3.8) is 0 Å². The summed E-state index contributed by atoms with van der Waals surface area (Å²) in [5.41, 5.74) is 3.42. The predicted octanol–water partition coefficient (Wildman–Crippen LogP) is 6.49. The first kappa shape index (κ1) is 40.4. The van der Waals surface area contributed by atoms with Crippen molar-refractivity contribution in [2.75, 3.05) is 57.6 Å². The number of aromatic nitrogens is 2. The summed E-state index contributed by atoms with van der Waals surface area (Å²) in [4.78, 5) is 36.9. The van der Waals surface area contributed by atoms with Crippen molar-refractivity contribution >= 4 is 58.0 Å². The lowest BCUT2D eigenvalue weighted by Crippen LogP contribution is -2.37. The van der Waals surface area contributed by atoms with E-state index >= 15 is 0 Å². The normalized spacial score (nSPS) is 13.8. The minimum atomic E-state index is -0.477. The van der Waals surface area contributed by atoms with E-state index < -0.39 is 5.60 Å². The smallest absolute Gasteiger partial charge is 0.410 e. The second-order valence-electron chi connectivity index (χ2n) is 12.7. The Morgan fingerprint density at radius 3 is 2.54 bits per heavy atom. The number of nitrogens with one attached hydrogen (secondary N) is 3. The average molecular weight is 775 g/mol. The van der Waals surface area contributed by atoms with E-state index in [1.165, 1.54) is 0 Å². The van der Waals surface area contributed by atoms with Crippen LogP contribution in [0, 0.1) is 0 Å². The zero-order chi connectivity index (χ0) is 35.4. The minimum Gasteiger partial charge on any atom is -0.493 e. The second kappa shape index (κ2) is 19.4. The van der Waals surface area contributed by atoms with Gasteiger partial charge in [0.2, 0.25) is 5.91 Å². The standard InChI is InChI=1S/C23H30N4O3.C13H18BrN3O2.ClH/c1-4-12-30-22-18(6-5-7-20(22)29-3)16-27(2)21(28)9-8-17-13-19-15-24-10-11-25-23(19)26-14-17;1-13(2,3)19-12(18)17-5-4-15-11-9(8-17)6-10(14)7-16-11;/h5-9,13-14,24H,4,10-12,15-16H2,1-3H3,(H,25,26);6-7H,4-5,8H2,1-3H3,(H,15,16);1H/b9-8+;;. The van der Waals surface area contributed by atoms with Crippen LogP contribution in [0.3, 0.4) is 0 Å². The molecule has 5 rings (SSSR count). The first-order valence-electron chi connectivity index (χ1n) is 16.5. The molecule has 272 valence electrons. The summed E-state index contributed by atoms with van der Waals surface area (Å²) in [6.07, 6.45) is 7.51. The molecule has 3 N–H and O–H groups in total. The van der Waals surface area contributed by atoms with Crippen LogP contribution in [-0.4, -0.2) is 84.3 Å². The molecule has 1 aromatic carbocycles. The van der Waals surface area contributed by atoms with Crippen molar-refractivity contribution in [2.45, 2.75) is 59.4 Å². The van der Waals surface area contributed by atoms with E-state index in [0.29, 0.717) is 44.3 Å². The molecule has 0 saturated carbocycles. The number of pyridine rings is 2. The van der Waals surface area contributed by atoms with Gasteiger partial charge in [-0.1, -0.05) is 19.1 Å². The first-order chi connectivity index (χ1) is 23.5. The quantitative estimate of drug-likeness (QED) is 0.218. The van der Waals surface area contributed by atoms with E-state index in [0.717, 1.165) is 64.4 Å². The molecule has 0 spiro atoms. The Kier molecular flexibility index (Phi) is 15.6. The van der Waals surface area contributed by atoms with E-state index in [9.17, 15) is 9.59 Å². The fourth-order valence-electron chi connectivity index (χ4n) is 5.09. The molecule has 14 heteroatoms. The number of anilines is 2. The number of hydrogen-bond donors (Lipinski definition) is 3. The summed E-state index contributed by atoms with van der Waals surface area (Å²) in [7, 11) is 3.40. The third kappa shape index (κ3) is 12.1. The Bertz CT molecular complexity index is 1620. The lowest BCUT2D eigenvalue weighted by Gasteiger charge is -2.26. The van der Waals surface area contributed by atoms with Crippen molar-refractivity contribution in [1.82, 2.24) is 25.1 Å². The molecular formula is C36H49BrClN7O5. The van der Waals surface area contributed by atoms with Crippen LogP contribution in [0.2, 0.25) is 0 Å². The van der Waals surface area contributed by atoms with Gasteiger partial charge in [-0.25, -0.2) is 14.8 Å². The number of methoxy groups -OCH3 is 1. The van der Waals surface area contributed by atoms with Crippen LogP contribution in [0.25, 0.3) is 6.08 Å². The Hall–Kier alpha value is -4.07. The SMILES string of the molecule is CC(C)(C)OC(=O)N1CCNc2ncc(Br)cc2C1.CCCOc1c(CN(C)C(=O)/C=C/c2cnc3c(c2)CNCCN3)cccc1OC.Cl. The summed E-state index contributed by atoms with van der Waals surface area (Å²) >= 11 is 3.40. The molecule has 0 unspecified atom stereocenters. The van der Waals surface area contributed by atoms with Gasteiger partial charge in [0.1, 0.15) is 17.2 Å². The largest absolute Gasteiger partial charge is 0.493 e. The average Bonchev–Trinajstić information content (AvgIpc) is 3.44. The monoisotopic (exact) mass is 773 g/mol. The number of halogens is 2. The number of hydrogen-bond acceptors (Lipinski definition) is 10. The number of rotatable bonds is 8. The van der Waals surface area contributed by atoms with Crippen LogP contribution in [0.1, 0.15) is 56.4 Å². The highest BCUT2D eigenvalue weighted by Gasteiger charge is 2.25. The van der Waals surface area contributed by atoms with Gasteiger partial charge in [-0.05, 0) is 73.0 Å². The molecule has 12 nitrogen and oxygen atoms in total. The van der Waals surface area contributed by atoms with Gasteiger partial charge < -0.3 is 40.0 Å². The number of likely N-dealkylation sites (N-methyl/N-ethyl adjacent to an activating group) is 1. The molecule has 2 aliphatic heterocycles. The third-order valence-electron chi connectivity index (χ3n) is 7.45. The molecule has 0 saturated heterocycles. The van der Waals surface area contributed by atoms with Gasteiger partial charge in [0.15, 0.2) is 11.5 Å². The van der Waals surface area contributed by atoms with Gasteiger partial charge >= 0.3 is 6.09 Å². The molecule has 0 atom stereocenters. The van der Waals surface area contributed by atoms with Crippen LogP contribution in [0.4, 0.5) is 16.4 Å². The molecule has 0 fully saturated rings.